The highest BCUT2D eigenvalue weighted by molar-refractivity contribution is 7.98. The minimum atomic E-state index is -0.728. The molecule has 0 aliphatic carbocycles. The Balaban J connectivity index is 2.35. The Morgan fingerprint density at radius 2 is 2.27 bits per heavy atom. The molecule has 1 aromatic rings. The minimum absolute atomic E-state index is 0.280. The molecule has 0 aliphatic rings. The van der Waals surface area contributed by atoms with Crippen molar-refractivity contribution in [1.29, 1.82) is 0 Å². The minimum Gasteiger partial charge on any atom is -0.481 e. The summed E-state index contributed by atoms with van der Waals surface area (Å²) in [4.78, 5) is 16.2. The molecule has 0 aliphatic heterocycles. The van der Waals surface area contributed by atoms with Crippen LogP contribution < -0.4 is 0 Å². The number of aliphatic carboxylic acids is 1. The number of thioether (sulfide) groups is 1. The molecule has 0 fully saturated rings. The number of aryl methyl sites for hydroxylation is 2. The third-order valence-electron chi connectivity index (χ3n) is 2.09. The summed E-state index contributed by atoms with van der Waals surface area (Å²) in [6.45, 7) is 5.79. The highest BCUT2D eigenvalue weighted by Gasteiger charge is 2.11. The Hall–Kier alpha value is -0.550. The predicted molar refractivity (Wildman–Crippen MR) is 64.5 cm³/mol. The number of hydrogen-bond acceptors (Lipinski definition) is 4. The van der Waals surface area contributed by atoms with E-state index in [2.05, 4.69) is 11.9 Å². The molecule has 1 N–H and O–H groups in total. The van der Waals surface area contributed by atoms with Gasteiger partial charge in [0.05, 0.1) is 11.6 Å². The zero-order chi connectivity index (χ0) is 11.4. The van der Waals surface area contributed by atoms with Crippen LogP contribution in [-0.4, -0.2) is 21.8 Å². The van der Waals surface area contributed by atoms with Crippen LogP contribution in [0.2, 0.25) is 0 Å². The zero-order valence-electron chi connectivity index (χ0n) is 9.11. The van der Waals surface area contributed by atoms with Crippen molar-refractivity contribution in [3.8, 4) is 0 Å². The first-order valence-electron chi connectivity index (χ1n) is 4.74. The molecule has 1 unspecified atom stereocenters. The number of nitrogens with zero attached hydrogens (tertiary/aromatic N) is 1. The maximum absolute atomic E-state index is 10.6. The van der Waals surface area contributed by atoms with Crippen LogP contribution in [-0.2, 0) is 10.5 Å². The van der Waals surface area contributed by atoms with Crippen LogP contribution >= 0.6 is 23.1 Å². The van der Waals surface area contributed by atoms with Crippen molar-refractivity contribution in [2.45, 2.75) is 26.5 Å². The van der Waals surface area contributed by atoms with Crippen molar-refractivity contribution < 1.29 is 9.90 Å². The largest absolute Gasteiger partial charge is 0.481 e. The Bertz CT molecular complexity index is 330. The summed E-state index contributed by atoms with van der Waals surface area (Å²) < 4.78 is 0. The molecule has 1 rings (SSSR count). The number of hydrogen-bond donors (Lipinski definition) is 1. The number of rotatable bonds is 5. The molecule has 0 amide bonds. The molecule has 0 radical (unpaired) electrons. The predicted octanol–water partition coefficient (Wildman–Crippen LogP) is 2.71. The van der Waals surface area contributed by atoms with Gasteiger partial charge in [0.2, 0.25) is 0 Å². The molecule has 1 atom stereocenters. The Morgan fingerprint density at radius 3 is 2.73 bits per heavy atom. The monoisotopic (exact) mass is 245 g/mol. The van der Waals surface area contributed by atoms with E-state index < -0.39 is 5.97 Å². The second kappa shape index (κ2) is 5.51. The number of carbonyl (C=O) groups is 1. The van der Waals surface area contributed by atoms with Crippen molar-refractivity contribution in [2.24, 2.45) is 5.92 Å². The zero-order valence-corrected chi connectivity index (χ0v) is 10.7. The Kier molecular flexibility index (Phi) is 4.60. The summed E-state index contributed by atoms with van der Waals surface area (Å²) in [6.07, 6.45) is 0. The van der Waals surface area contributed by atoms with E-state index in [1.54, 1.807) is 30.0 Å². The molecular formula is C10H15NO2S2. The lowest BCUT2D eigenvalue weighted by Crippen LogP contribution is -2.11. The van der Waals surface area contributed by atoms with Crippen molar-refractivity contribution in [3.05, 3.63) is 15.6 Å². The molecule has 15 heavy (non-hydrogen) atoms. The summed E-state index contributed by atoms with van der Waals surface area (Å²) in [7, 11) is 0. The molecule has 1 heterocycles. The lowest BCUT2D eigenvalue weighted by molar-refractivity contribution is -0.140. The highest BCUT2D eigenvalue weighted by Crippen LogP contribution is 2.22. The van der Waals surface area contributed by atoms with Gasteiger partial charge in [-0.3, -0.25) is 4.79 Å². The molecule has 84 valence electrons. The standard InChI is InChI=1S/C10H15NO2S2/c1-6(10(12)13)4-14-5-9-11-7(2)8(3)15-9/h6H,4-5H2,1-3H3,(H,12,13). The number of thiazole rings is 1. The average Bonchev–Trinajstić information content (AvgIpc) is 2.46. The van der Waals surface area contributed by atoms with E-state index in [0.29, 0.717) is 5.75 Å². The third-order valence-corrected chi connectivity index (χ3v) is 4.56. The fraction of sp³-hybridized carbons (Fsp3) is 0.600. The molecule has 0 spiro atoms. The molecule has 1 aromatic heterocycles. The van der Waals surface area contributed by atoms with E-state index in [0.717, 1.165) is 16.5 Å². The van der Waals surface area contributed by atoms with E-state index in [-0.39, 0.29) is 5.92 Å². The maximum atomic E-state index is 10.6. The van der Waals surface area contributed by atoms with Crippen molar-refractivity contribution >= 4 is 29.1 Å². The first-order chi connectivity index (χ1) is 7.00. The summed E-state index contributed by atoms with van der Waals surface area (Å²) in [5.41, 5.74) is 1.09. The van der Waals surface area contributed by atoms with E-state index in [1.165, 1.54) is 4.88 Å². The van der Waals surface area contributed by atoms with Gasteiger partial charge in [0, 0.05) is 16.4 Å². The maximum Gasteiger partial charge on any atom is 0.307 e. The smallest absolute Gasteiger partial charge is 0.307 e. The van der Waals surface area contributed by atoms with Gasteiger partial charge >= 0.3 is 5.97 Å². The second-order valence-corrected chi connectivity index (χ2v) is 5.82. The lowest BCUT2D eigenvalue weighted by atomic mass is 10.2. The van der Waals surface area contributed by atoms with Crippen molar-refractivity contribution in [3.63, 3.8) is 0 Å². The van der Waals surface area contributed by atoms with Gasteiger partial charge in [-0.2, -0.15) is 11.8 Å². The summed E-state index contributed by atoms with van der Waals surface area (Å²) in [5.74, 6) is 0.454. The second-order valence-electron chi connectivity index (χ2n) is 3.50. The fourth-order valence-corrected chi connectivity index (χ4v) is 3.06. The average molecular weight is 245 g/mol. The van der Waals surface area contributed by atoms with Gasteiger partial charge in [-0.15, -0.1) is 11.3 Å². The molecule has 0 bridgehead atoms. The summed E-state index contributed by atoms with van der Waals surface area (Å²) in [5, 5.41) is 9.79. The van der Waals surface area contributed by atoms with Crippen LogP contribution in [0.5, 0.6) is 0 Å². The van der Waals surface area contributed by atoms with Gasteiger partial charge in [-0.25, -0.2) is 4.98 Å². The van der Waals surface area contributed by atoms with E-state index in [9.17, 15) is 4.79 Å². The van der Waals surface area contributed by atoms with Crippen molar-refractivity contribution in [1.82, 2.24) is 4.98 Å². The Labute approximate surface area is 97.9 Å². The highest BCUT2D eigenvalue weighted by atomic mass is 32.2. The number of aromatic nitrogens is 1. The van der Waals surface area contributed by atoms with Crippen molar-refractivity contribution in [2.75, 3.05) is 5.75 Å². The molecule has 0 saturated carbocycles. The third kappa shape index (κ3) is 3.83. The van der Waals surface area contributed by atoms with Gasteiger partial charge in [0.1, 0.15) is 5.01 Å². The van der Waals surface area contributed by atoms with Gasteiger partial charge in [-0.1, -0.05) is 6.92 Å². The molecule has 5 heteroatoms. The Morgan fingerprint density at radius 1 is 1.60 bits per heavy atom. The van der Waals surface area contributed by atoms with Crippen LogP contribution in [0.4, 0.5) is 0 Å². The van der Waals surface area contributed by atoms with Crippen LogP contribution in [0.3, 0.4) is 0 Å². The molecular weight excluding hydrogens is 230 g/mol. The first kappa shape index (κ1) is 12.5. The fourth-order valence-electron chi connectivity index (χ4n) is 0.995. The van der Waals surface area contributed by atoms with Crippen LogP contribution in [0.25, 0.3) is 0 Å². The summed E-state index contributed by atoms with van der Waals surface area (Å²) >= 11 is 3.33. The number of carboxylic acid groups (broad SMARTS) is 1. The van der Waals surface area contributed by atoms with E-state index >= 15 is 0 Å². The van der Waals surface area contributed by atoms with Gasteiger partial charge in [-0.05, 0) is 13.8 Å². The number of carboxylic acids is 1. The quantitative estimate of drug-likeness (QED) is 0.866. The molecule has 0 saturated heterocycles. The van der Waals surface area contributed by atoms with E-state index in [4.69, 9.17) is 5.11 Å². The van der Waals surface area contributed by atoms with E-state index in [1.807, 2.05) is 6.92 Å². The van der Waals surface area contributed by atoms with Crippen LogP contribution in [0.15, 0.2) is 0 Å². The SMILES string of the molecule is Cc1nc(CSCC(C)C(=O)O)sc1C. The summed E-state index contributed by atoms with van der Waals surface area (Å²) in [6, 6.07) is 0. The van der Waals surface area contributed by atoms with Gasteiger partial charge in [0.25, 0.3) is 0 Å². The molecule has 0 aromatic carbocycles. The van der Waals surface area contributed by atoms with Crippen LogP contribution in [0.1, 0.15) is 22.5 Å². The first-order valence-corrected chi connectivity index (χ1v) is 6.71. The lowest BCUT2D eigenvalue weighted by Gasteiger charge is -2.03. The van der Waals surface area contributed by atoms with Crippen LogP contribution in [0, 0.1) is 19.8 Å². The normalized spacial score (nSPS) is 12.7. The van der Waals surface area contributed by atoms with Gasteiger partial charge < -0.3 is 5.11 Å². The topological polar surface area (TPSA) is 50.2 Å². The molecule has 3 nitrogen and oxygen atoms in total. The van der Waals surface area contributed by atoms with Gasteiger partial charge in [0.15, 0.2) is 0 Å².